The van der Waals surface area contributed by atoms with Gasteiger partial charge in [-0.15, -0.1) is 0 Å². The summed E-state index contributed by atoms with van der Waals surface area (Å²) in [4.78, 5) is 0. The molecule has 0 fully saturated rings. The zero-order chi connectivity index (χ0) is 14.7. The molecule has 0 spiro atoms. The Morgan fingerprint density at radius 2 is 1.95 bits per heavy atom. The molecule has 0 radical (unpaired) electrons. The molecule has 1 unspecified atom stereocenters. The van der Waals surface area contributed by atoms with Crippen LogP contribution in [-0.2, 0) is 6.42 Å². The summed E-state index contributed by atoms with van der Waals surface area (Å²) in [6.45, 7) is 2.02. The van der Waals surface area contributed by atoms with E-state index < -0.39 is 0 Å². The van der Waals surface area contributed by atoms with Gasteiger partial charge in [0.15, 0.2) is 0 Å². The minimum Gasteiger partial charge on any atom is -0.271 e. The molecular weight excluding hydrogens is 387 g/mol. The lowest BCUT2D eigenvalue weighted by Crippen LogP contribution is -2.30. The van der Waals surface area contributed by atoms with Crippen LogP contribution in [0.4, 0.5) is 4.39 Å². The number of aryl methyl sites for hydroxylation is 1. The third-order valence-electron chi connectivity index (χ3n) is 3.16. The van der Waals surface area contributed by atoms with Gasteiger partial charge in [0, 0.05) is 8.95 Å². The molecule has 2 aromatic carbocycles. The fourth-order valence-electron chi connectivity index (χ4n) is 2.11. The van der Waals surface area contributed by atoms with E-state index in [2.05, 4.69) is 37.3 Å². The topological polar surface area (TPSA) is 38.0 Å². The van der Waals surface area contributed by atoms with E-state index in [0.29, 0.717) is 12.0 Å². The van der Waals surface area contributed by atoms with Crippen molar-refractivity contribution in [1.82, 2.24) is 5.43 Å². The van der Waals surface area contributed by atoms with E-state index in [9.17, 15) is 4.39 Å². The lowest BCUT2D eigenvalue weighted by Gasteiger charge is -2.19. The Labute approximate surface area is 134 Å². The highest BCUT2D eigenvalue weighted by atomic mass is 79.9. The number of nitrogens with two attached hydrogens (primary N) is 1. The molecule has 0 aromatic heterocycles. The van der Waals surface area contributed by atoms with Gasteiger partial charge in [-0.2, -0.15) is 0 Å². The van der Waals surface area contributed by atoms with E-state index in [-0.39, 0.29) is 11.9 Å². The van der Waals surface area contributed by atoms with Crippen molar-refractivity contribution in [2.75, 3.05) is 0 Å². The highest BCUT2D eigenvalue weighted by Gasteiger charge is 2.16. The van der Waals surface area contributed by atoms with E-state index in [1.807, 2.05) is 25.1 Å². The van der Waals surface area contributed by atoms with Crippen molar-refractivity contribution in [3.8, 4) is 0 Å². The van der Waals surface area contributed by atoms with Gasteiger partial charge in [0.1, 0.15) is 5.82 Å². The zero-order valence-corrected chi connectivity index (χ0v) is 14.1. The second-order valence-electron chi connectivity index (χ2n) is 4.68. The summed E-state index contributed by atoms with van der Waals surface area (Å²) < 4.78 is 15.7. The molecule has 0 aliphatic rings. The number of hydrazine groups is 1. The van der Waals surface area contributed by atoms with Crippen LogP contribution in [0.3, 0.4) is 0 Å². The van der Waals surface area contributed by atoms with Crippen LogP contribution in [0.25, 0.3) is 0 Å². The smallest absolute Gasteiger partial charge is 0.126 e. The lowest BCUT2D eigenvalue weighted by atomic mass is 9.98. The maximum Gasteiger partial charge on any atom is 0.126 e. The highest BCUT2D eigenvalue weighted by Crippen LogP contribution is 2.28. The van der Waals surface area contributed by atoms with Crippen molar-refractivity contribution in [2.24, 2.45) is 5.84 Å². The van der Waals surface area contributed by atoms with Crippen LogP contribution in [0.1, 0.15) is 22.7 Å². The van der Waals surface area contributed by atoms with E-state index >= 15 is 0 Å². The number of hydrogen-bond acceptors (Lipinski definition) is 2. The molecule has 2 rings (SSSR count). The van der Waals surface area contributed by atoms with Gasteiger partial charge in [-0.05, 0) is 48.7 Å². The van der Waals surface area contributed by atoms with E-state index in [0.717, 1.165) is 20.1 Å². The number of hydrogen-bond donors (Lipinski definition) is 2. The Bertz CT molecular complexity index is 617. The SMILES string of the molecule is Cc1ccc(Br)c(C(Cc2cc(Br)ccc2F)NN)c1. The first-order valence-electron chi connectivity index (χ1n) is 6.17. The monoisotopic (exact) mass is 400 g/mol. The molecule has 0 heterocycles. The third-order valence-corrected chi connectivity index (χ3v) is 4.38. The van der Waals surface area contributed by atoms with Crippen LogP contribution in [0.2, 0.25) is 0 Å². The Balaban J connectivity index is 2.33. The van der Waals surface area contributed by atoms with Crippen LogP contribution < -0.4 is 11.3 Å². The van der Waals surface area contributed by atoms with Crippen molar-refractivity contribution in [3.63, 3.8) is 0 Å². The molecule has 3 N–H and O–H groups in total. The average molecular weight is 402 g/mol. The zero-order valence-electron chi connectivity index (χ0n) is 11.0. The summed E-state index contributed by atoms with van der Waals surface area (Å²) >= 11 is 6.88. The normalized spacial score (nSPS) is 12.4. The molecule has 5 heteroatoms. The van der Waals surface area contributed by atoms with Crippen molar-refractivity contribution >= 4 is 31.9 Å². The summed E-state index contributed by atoms with van der Waals surface area (Å²) in [5, 5.41) is 0. The lowest BCUT2D eigenvalue weighted by molar-refractivity contribution is 0.527. The second-order valence-corrected chi connectivity index (χ2v) is 6.45. The van der Waals surface area contributed by atoms with E-state index in [4.69, 9.17) is 5.84 Å². The van der Waals surface area contributed by atoms with Crippen LogP contribution in [0, 0.1) is 12.7 Å². The molecule has 1 atom stereocenters. The molecule has 0 bridgehead atoms. The minimum absolute atomic E-state index is 0.159. The van der Waals surface area contributed by atoms with Gasteiger partial charge < -0.3 is 0 Å². The predicted molar refractivity (Wildman–Crippen MR) is 86.7 cm³/mol. The summed E-state index contributed by atoms with van der Waals surface area (Å²) in [6.07, 6.45) is 0.476. The fourth-order valence-corrected chi connectivity index (χ4v) is 3.04. The van der Waals surface area contributed by atoms with E-state index in [1.54, 1.807) is 12.1 Å². The maximum absolute atomic E-state index is 13.9. The molecule has 2 nitrogen and oxygen atoms in total. The van der Waals surface area contributed by atoms with Crippen LogP contribution in [0.15, 0.2) is 45.3 Å². The first kappa shape index (κ1) is 15.6. The molecule has 0 aliphatic carbocycles. The van der Waals surface area contributed by atoms with Crippen molar-refractivity contribution in [3.05, 3.63) is 67.9 Å². The molecule has 0 aliphatic heterocycles. The maximum atomic E-state index is 13.9. The molecule has 2 aromatic rings. The Morgan fingerprint density at radius 3 is 2.65 bits per heavy atom. The number of rotatable bonds is 4. The van der Waals surface area contributed by atoms with Crippen LogP contribution in [-0.4, -0.2) is 0 Å². The second kappa shape index (κ2) is 6.80. The van der Waals surface area contributed by atoms with Crippen LogP contribution >= 0.6 is 31.9 Å². The third kappa shape index (κ3) is 3.67. The first-order chi connectivity index (χ1) is 9.51. The first-order valence-corrected chi connectivity index (χ1v) is 7.76. The van der Waals surface area contributed by atoms with Gasteiger partial charge >= 0.3 is 0 Å². The largest absolute Gasteiger partial charge is 0.271 e. The van der Waals surface area contributed by atoms with E-state index in [1.165, 1.54) is 6.07 Å². The molecule has 0 saturated heterocycles. The number of halogens is 3. The minimum atomic E-state index is -0.225. The molecule has 0 saturated carbocycles. The van der Waals surface area contributed by atoms with Gasteiger partial charge in [-0.1, -0.05) is 49.6 Å². The summed E-state index contributed by atoms with van der Waals surface area (Å²) in [6, 6.07) is 10.8. The van der Waals surface area contributed by atoms with Crippen molar-refractivity contribution in [2.45, 2.75) is 19.4 Å². The quantitative estimate of drug-likeness (QED) is 0.588. The summed E-state index contributed by atoms with van der Waals surface area (Å²) in [7, 11) is 0. The molecule has 20 heavy (non-hydrogen) atoms. The number of benzene rings is 2. The molecule has 106 valence electrons. The van der Waals surface area contributed by atoms with Crippen LogP contribution in [0.5, 0.6) is 0 Å². The van der Waals surface area contributed by atoms with Crippen molar-refractivity contribution in [1.29, 1.82) is 0 Å². The van der Waals surface area contributed by atoms with Gasteiger partial charge in [0.2, 0.25) is 0 Å². The predicted octanol–water partition coefficient (Wildman–Crippen LogP) is 4.41. The average Bonchev–Trinajstić information content (AvgIpc) is 2.42. The van der Waals surface area contributed by atoms with Gasteiger partial charge in [0.05, 0.1) is 6.04 Å². The van der Waals surface area contributed by atoms with Gasteiger partial charge in [0.25, 0.3) is 0 Å². The Morgan fingerprint density at radius 1 is 1.20 bits per heavy atom. The Kier molecular flexibility index (Phi) is 5.32. The fraction of sp³-hybridized carbons (Fsp3) is 0.200. The Hall–Kier alpha value is -0.750. The van der Waals surface area contributed by atoms with Gasteiger partial charge in [-0.25, -0.2) is 4.39 Å². The standard InChI is InChI=1S/C15H15Br2FN2/c1-9-2-4-13(17)12(6-9)15(20-19)8-10-7-11(16)3-5-14(10)18/h2-7,15,20H,8,19H2,1H3. The summed E-state index contributed by atoms with van der Waals surface area (Å²) in [5.74, 6) is 5.43. The summed E-state index contributed by atoms with van der Waals surface area (Å²) in [5.41, 5.74) is 5.55. The highest BCUT2D eigenvalue weighted by molar-refractivity contribution is 9.10. The van der Waals surface area contributed by atoms with Gasteiger partial charge in [-0.3, -0.25) is 11.3 Å². The number of nitrogens with one attached hydrogen (secondary N) is 1. The molecule has 0 amide bonds. The molecular formula is C15H15Br2FN2. The van der Waals surface area contributed by atoms with Crippen molar-refractivity contribution < 1.29 is 4.39 Å².